The van der Waals surface area contributed by atoms with Gasteiger partial charge in [0.25, 0.3) is 5.91 Å². The first kappa shape index (κ1) is 23.6. The van der Waals surface area contributed by atoms with Gasteiger partial charge in [0, 0.05) is 16.6 Å². The predicted molar refractivity (Wildman–Crippen MR) is 122 cm³/mol. The van der Waals surface area contributed by atoms with Gasteiger partial charge in [-0.2, -0.15) is 9.41 Å². The lowest BCUT2D eigenvalue weighted by Gasteiger charge is -2.21. The number of halogens is 2. The molecule has 2 N–H and O–H groups in total. The van der Waals surface area contributed by atoms with E-state index in [1.54, 1.807) is 42.5 Å². The number of amides is 1. The van der Waals surface area contributed by atoms with Crippen LogP contribution < -0.4 is 5.43 Å². The zero-order chi connectivity index (χ0) is 23.1. The van der Waals surface area contributed by atoms with Crippen LogP contribution in [-0.2, 0) is 21.4 Å². The third-order valence-corrected chi connectivity index (χ3v) is 6.65. The third kappa shape index (κ3) is 6.22. The molecule has 7 nitrogen and oxygen atoms in total. The largest absolute Gasteiger partial charge is 0.507 e. The Labute approximate surface area is 193 Å². The number of nitrogens with zero attached hydrogens (tertiary/aromatic N) is 2. The third-order valence-electron chi connectivity index (χ3n) is 4.36. The van der Waals surface area contributed by atoms with E-state index in [9.17, 15) is 22.7 Å². The van der Waals surface area contributed by atoms with Crippen molar-refractivity contribution in [3.8, 4) is 5.75 Å². The molecule has 3 aromatic rings. The lowest BCUT2D eigenvalue weighted by molar-refractivity contribution is -0.121. The molecule has 0 saturated carbocycles. The first-order valence-electron chi connectivity index (χ1n) is 9.36. The van der Waals surface area contributed by atoms with Crippen LogP contribution in [0.1, 0.15) is 11.1 Å². The molecule has 32 heavy (non-hydrogen) atoms. The minimum absolute atomic E-state index is 0.0317. The normalized spacial score (nSPS) is 11.7. The zero-order valence-electron chi connectivity index (χ0n) is 16.7. The summed E-state index contributed by atoms with van der Waals surface area (Å²) in [5, 5.41) is 13.6. The summed E-state index contributed by atoms with van der Waals surface area (Å²) < 4.78 is 41.2. The minimum atomic E-state index is -4.09. The second-order valence-electron chi connectivity index (χ2n) is 6.71. The van der Waals surface area contributed by atoms with Crippen LogP contribution in [-0.4, -0.2) is 36.5 Å². The van der Waals surface area contributed by atoms with Crippen molar-refractivity contribution in [1.29, 1.82) is 0 Å². The molecule has 10 heteroatoms. The molecular formula is C22H19BrFN3O4S. The van der Waals surface area contributed by atoms with Crippen LogP contribution in [0.3, 0.4) is 0 Å². The van der Waals surface area contributed by atoms with Gasteiger partial charge in [-0.05, 0) is 48.0 Å². The summed E-state index contributed by atoms with van der Waals surface area (Å²) in [6.45, 7) is -0.583. The Balaban J connectivity index is 1.78. The van der Waals surface area contributed by atoms with Crippen LogP contribution in [0.15, 0.2) is 87.3 Å². The molecule has 0 heterocycles. The monoisotopic (exact) mass is 519 g/mol. The molecule has 3 rings (SSSR count). The number of hydrazone groups is 1. The van der Waals surface area contributed by atoms with Gasteiger partial charge < -0.3 is 5.11 Å². The smallest absolute Gasteiger partial charge is 0.255 e. The second-order valence-corrected chi connectivity index (χ2v) is 9.56. The van der Waals surface area contributed by atoms with Crippen LogP contribution in [0.2, 0.25) is 0 Å². The Morgan fingerprint density at radius 3 is 2.47 bits per heavy atom. The molecule has 0 unspecified atom stereocenters. The maximum absolute atomic E-state index is 13.3. The summed E-state index contributed by atoms with van der Waals surface area (Å²) in [5.74, 6) is -1.28. The molecule has 0 aliphatic rings. The molecule has 0 spiro atoms. The average Bonchev–Trinajstić information content (AvgIpc) is 2.77. The lowest BCUT2D eigenvalue weighted by atomic mass is 10.2. The van der Waals surface area contributed by atoms with Crippen molar-refractivity contribution >= 4 is 38.1 Å². The fraction of sp³-hybridized carbons (Fsp3) is 0.0909. The van der Waals surface area contributed by atoms with E-state index in [4.69, 9.17) is 0 Å². The summed E-state index contributed by atoms with van der Waals surface area (Å²) >= 11 is 3.27. The number of phenolic OH excluding ortho intramolecular Hbond substituents is 1. The standard InChI is InChI=1S/C22H19BrFN3O4S/c23-18-6-11-21(28)17(12-18)13-25-26-22(29)15-27(14-16-4-2-1-3-5-16)32(30,31)20-9-7-19(24)8-10-20/h1-13,28H,14-15H2,(H,26,29)/b25-13-. The fourth-order valence-electron chi connectivity index (χ4n) is 2.77. The molecule has 0 saturated heterocycles. The molecule has 0 aliphatic carbocycles. The van der Waals surface area contributed by atoms with Crippen molar-refractivity contribution in [2.45, 2.75) is 11.4 Å². The number of phenols is 1. The van der Waals surface area contributed by atoms with Crippen molar-refractivity contribution in [3.05, 3.63) is 94.2 Å². The van der Waals surface area contributed by atoms with Crippen molar-refractivity contribution in [2.24, 2.45) is 5.10 Å². The molecule has 0 aromatic heterocycles. The Hall–Kier alpha value is -3.08. The maximum Gasteiger partial charge on any atom is 0.255 e. The maximum atomic E-state index is 13.3. The van der Waals surface area contributed by atoms with Crippen molar-refractivity contribution in [2.75, 3.05) is 6.54 Å². The van der Waals surface area contributed by atoms with E-state index < -0.39 is 28.3 Å². The van der Waals surface area contributed by atoms with Gasteiger partial charge in [0.2, 0.25) is 10.0 Å². The molecule has 1 amide bonds. The van der Waals surface area contributed by atoms with Gasteiger partial charge in [-0.15, -0.1) is 0 Å². The van der Waals surface area contributed by atoms with Crippen molar-refractivity contribution in [3.63, 3.8) is 0 Å². The SMILES string of the molecule is O=C(CN(Cc1ccccc1)S(=O)(=O)c1ccc(F)cc1)N/N=C\c1cc(Br)ccc1O. The van der Waals surface area contributed by atoms with Gasteiger partial charge in [0.05, 0.1) is 17.7 Å². The van der Waals surface area contributed by atoms with Gasteiger partial charge in [0.1, 0.15) is 11.6 Å². The van der Waals surface area contributed by atoms with Crippen molar-refractivity contribution < 1.29 is 22.7 Å². The molecule has 3 aromatic carbocycles. The molecule has 0 aliphatic heterocycles. The molecule has 0 fully saturated rings. The van der Waals surface area contributed by atoms with E-state index in [1.165, 1.54) is 12.3 Å². The van der Waals surface area contributed by atoms with E-state index >= 15 is 0 Å². The van der Waals surface area contributed by atoms with Crippen LogP contribution in [0.4, 0.5) is 4.39 Å². The molecule has 166 valence electrons. The van der Waals surface area contributed by atoms with Gasteiger partial charge in [-0.25, -0.2) is 18.2 Å². The highest BCUT2D eigenvalue weighted by Gasteiger charge is 2.27. The summed E-state index contributed by atoms with van der Waals surface area (Å²) in [7, 11) is -4.09. The van der Waals surface area contributed by atoms with E-state index in [2.05, 4.69) is 26.5 Å². The highest BCUT2D eigenvalue weighted by molar-refractivity contribution is 9.10. The van der Waals surface area contributed by atoms with E-state index in [0.29, 0.717) is 15.6 Å². The fourth-order valence-corrected chi connectivity index (χ4v) is 4.53. The number of nitrogens with one attached hydrogen (secondary N) is 1. The van der Waals surface area contributed by atoms with E-state index in [1.807, 2.05) is 0 Å². The average molecular weight is 520 g/mol. The van der Waals surface area contributed by atoms with E-state index in [0.717, 1.165) is 28.6 Å². The van der Waals surface area contributed by atoms with Gasteiger partial charge in [-0.3, -0.25) is 4.79 Å². The number of carbonyl (C=O) groups excluding carboxylic acids is 1. The van der Waals surface area contributed by atoms with Crippen LogP contribution in [0, 0.1) is 5.82 Å². The molecule has 0 bridgehead atoms. The minimum Gasteiger partial charge on any atom is -0.507 e. The Morgan fingerprint density at radius 2 is 1.78 bits per heavy atom. The second kappa shape index (κ2) is 10.5. The number of hydrogen-bond acceptors (Lipinski definition) is 5. The number of rotatable bonds is 8. The molecular weight excluding hydrogens is 501 g/mol. The van der Waals surface area contributed by atoms with Crippen LogP contribution >= 0.6 is 15.9 Å². The quantitative estimate of drug-likeness (QED) is 0.350. The number of carbonyl (C=O) groups is 1. The first-order valence-corrected chi connectivity index (χ1v) is 11.6. The number of sulfonamides is 1. The summed E-state index contributed by atoms with van der Waals surface area (Å²) in [4.78, 5) is 12.3. The summed E-state index contributed by atoms with van der Waals surface area (Å²) in [6.07, 6.45) is 1.24. The number of benzene rings is 3. The van der Waals surface area contributed by atoms with Crippen LogP contribution in [0.25, 0.3) is 0 Å². The Kier molecular flexibility index (Phi) is 7.73. The van der Waals surface area contributed by atoms with Gasteiger partial charge in [-0.1, -0.05) is 46.3 Å². The molecule has 0 atom stereocenters. The van der Waals surface area contributed by atoms with E-state index in [-0.39, 0.29) is 17.2 Å². The highest BCUT2D eigenvalue weighted by Crippen LogP contribution is 2.20. The lowest BCUT2D eigenvalue weighted by Crippen LogP contribution is -2.39. The molecule has 0 radical (unpaired) electrons. The summed E-state index contributed by atoms with van der Waals surface area (Å²) in [6, 6.07) is 17.9. The van der Waals surface area contributed by atoms with Gasteiger partial charge >= 0.3 is 0 Å². The number of aromatic hydroxyl groups is 1. The zero-order valence-corrected chi connectivity index (χ0v) is 19.1. The van der Waals surface area contributed by atoms with Crippen LogP contribution in [0.5, 0.6) is 5.75 Å². The first-order chi connectivity index (χ1) is 15.3. The topological polar surface area (TPSA) is 99.1 Å². The van der Waals surface area contributed by atoms with Gasteiger partial charge in [0.15, 0.2) is 0 Å². The van der Waals surface area contributed by atoms with Crippen molar-refractivity contribution in [1.82, 2.24) is 9.73 Å². The Bertz CT molecular complexity index is 1220. The summed E-state index contributed by atoms with van der Waals surface area (Å²) in [5.41, 5.74) is 3.30. The number of hydrogen-bond donors (Lipinski definition) is 2. The Morgan fingerprint density at radius 1 is 1.09 bits per heavy atom. The highest BCUT2D eigenvalue weighted by atomic mass is 79.9. The predicted octanol–water partition coefficient (Wildman–Crippen LogP) is 3.64.